The fraction of sp³-hybridized carbons (Fsp3) is 0. The summed E-state index contributed by atoms with van der Waals surface area (Å²) in [5.41, 5.74) is 3.27. The van der Waals surface area contributed by atoms with Crippen molar-refractivity contribution < 1.29 is 79.1 Å². The van der Waals surface area contributed by atoms with E-state index < -0.39 is 17.9 Å². The first-order valence-electron chi connectivity index (χ1n) is 10.7. The van der Waals surface area contributed by atoms with Crippen molar-refractivity contribution in [2.75, 3.05) is 0 Å². The molecule has 3 heterocycles. The maximum atomic E-state index is 10.5. The van der Waals surface area contributed by atoms with Gasteiger partial charge in [0.1, 0.15) is 17.1 Å². The molecule has 0 amide bonds. The first-order chi connectivity index (χ1) is 17.3. The number of carbonyl (C=O) groups is 3. The molecule has 187 valence electrons. The number of nitrogens with one attached hydrogen (secondary N) is 3. The van der Waals surface area contributed by atoms with Crippen molar-refractivity contribution >= 4 is 50.6 Å². The number of aromatic carboxylic acids is 3. The molecule has 3 aromatic heterocycles. The summed E-state index contributed by atoms with van der Waals surface area (Å²) < 4.78 is 0. The molecule has 9 nitrogen and oxygen atoms in total. The fourth-order valence-corrected chi connectivity index (χ4v) is 3.57. The van der Waals surface area contributed by atoms with E-state index in [0.29, 0.717) is 0 Å². The van der Waals surface area contributed by atoms with Crippen molar-refractivity contribution in [1.82, 2.24) is 15.0 Å². The van der Waals surface area contributed by atoms with E-state index in [1.807, 2.05) is 72.8 Å². The SMILES string of the molecule is O=C(O)c1cc2ccccc2[nH]1.O=C(O)c1cc2ccccc2[nH]1.O=C(O)c1cc2ccccc2[nH]1.[Eu]. The number of benzene rings is 3. The molecular formula is C27H21EuN3O6. The van der Waals surface area contributed by atoms with Crippen LogP contribution in [0.4, 0.5) is 0 Å². The maximum absolute atomic E-state index is 10.5. The van der Waals surface area contributed by atoms with Crippen LogP contribution in [0.3, 0.4) is 0 Å². The van der Waals surface area contributed by atoms with Crippen LogP contribution in [0.5, 0.6) is 0 Å². The summed E-state index contributed by atoms with van der Waals surface area (Å²) in [5.74, 6) is -2.77. The van der Waals surface area contributed by atoms with E-state index >= 15 is 0 Å². The third kappa shape index (κ3) is 6.94. The Morgan fingerprint density at radius 3 is 0.919 bits per heavy atom. The standard InChI is InChI=1S/3C9H7NO2.Eu/c3*11-9(12)8-5-6-3-1-2-4-7(6)10-8;/h3*1-5,10H,(H,11,12);. The van der Waals surface area contributed by atoms with Gasteiger partial charge in [-0.2, -0.15) is 0 Å². The number of hydrogen-bond acceptors (Lipinski definition) is 3. The summed E-state index contributed by atoms with van der Waals surface area (Å²) in [6.45, 7) is 0. The molecule has 6 N–H and O–H groups in total. The fourth-order valence-electron chi connectivity index (χ4n) is 3.57. The zero-order chi connectivity index (χ0) is 25.7. The van der Waals surface area contributed by atoms with Crippen molar-refractivity contribution in [1.29, 1.82) is 0 Å². The van der Waals surface area contributed by atoms with E-state index in [0.717, 1.165) is 32.7 Å². The molecule has 0 saturated carbocycles. The quantitative estimate of drug-likeness (QED) is 0.149. The van der Waals surface area contributed by atoms with Gasteiger partial charge in [-0.15, -0.1) is 0 Å². The monoisotopic (exact) mass is 636 g/mol. The van der Waals surface area contributed by atoms with E-state index in [2.05, 4.69) is 15.0 Å². The van der Waals surface area contributed by atoms with Gasteiger partial charge >= 0.3 is 17.9 Å². The zero-order valence-corrected chi connectivity index (χ0v) is 21.5. The predicted molar refractivity (Wildman–Crippen MR) is 136 cm³/mol. The van der Waals surface area contributed by atoms with Gasteiger partial charge in [-0.1, -0.05) is 54.6 Å². The number of H-pyrrole nitrogens is 3. The van der Waals surface area contributed by atoms with Crippen LogP contribution in [-0.4, -0.2) is 48.2 Å². The second-order valence-electron chi connectivity index (χ2n) is 7.73. The van der Waals surface area contributed by atoms with E-state index in [1.165, 1.54) is 0 Å². The van der Waals surface area contributed by atoms with Gasteiger partial charge in [0.2, 0.25) is 0 Å². The third-order valence-electron chi connectivity index (χ3n) is 5.28. The second-order valence-corrected chi connectivity index (χ2v) is 7.73. The number of aromatic amines is 3. The number of carboxylic acids is 3. The van der Waals surface area contributed by atoms with E-state index in [9.17, 15) is 14.4 Å². The number of para-hydroxylation sites is 3. The topological polar surface area (TPSA) is 159 Å². The van der Waals surface area contributed by atoms with Crippen molar-refractivity contribution in [3.63, 3.8) is 0 Å². The Morgan fingerprint density at radius 2 is 0.703 bits per heavy atom. The summed E-state index contributed by atoms with van der Waals surface area (Å²) in [6, 6.07) is 27.3. The van der Waals surface area contributed by atoms with Gasteiger partial charge in [0, 0.05) is 82.1 Å². The van der Waals surface area contributed by atoms with Crippen LogP contribution in [0.2, 0.25) is 0 Å². The average molecular weight is 635 g/mol. The van der Waals surface area contributed by atoms with Gasteiger partial charge in [0.25, 0.3) is 0 Å². The Balaban J connectivity index is 0.000000152. The molecule has 0 aliphatic rings. The Bertz CT molecular complexity index is 1400. The molecule has 0 aliphatic carbocycles. The number of fused-ring (bicyclic) bond motifs is 3. The molecule has 0 unspecified atom stereocenters. The van der Waals surface area contributed by atoms with Crippen LogP contribution < -0.4 is 0 Å². The van der Waals surface area contributed by atoms with Gasteiger partial charge in [0.15, 0.2) is 0 Å². The van der Waals surface area contributed by atoms with Crippen LogP contribution in [-0.2, 0) is 0 Å². The summed E-state index contributed by atoms with van der Waals surface area (Å²) >= 11 is 0. The molecule has 0 aliphatic heterocycles. The van der Waals surface area contributed by atoms with E-state index in [-0.39, 0.29) is 66.5 Å². The predicted octanol–water partition coefficient (Wildman–Crippen LogP) is 5.60. The van der Waals surface area contributed by atoms with E-state index in [1.54, 1.807) is 18.2 Å². The van der Waals surface area contributed by atoms with Crippen LogP contribution in [0.25, 0.3) is 32.7 Å². The molecule has 0 fully saturated rings. The molecule has 10 heteroatoms. The van der Waals surface area contributed by atoms with Crippen molar-refractivity contribution in [2.45, 2.75) is 0 Å². The minimum Gasteiger partial charge on any atom is -0.477 e. The Labute approximate surface area is 250 Å². The van der Waals surface area contributed by atoms with Crippen LogP contribution in [0.1, 0.15) is 31.5 Å². The molecule has 0 bridgehead atoms. The Kier molecular flexibility index (Phi) is 9.40. The molecule has 3 aromatic carbocycles. The Hall–Kier alpha value is -3.73. The summed E-state index contributed by atoms with van der Waals surface area (Å²) in [4.78, 5) is 40.0. The first kappa shape index (κ1) is 27.9. The average Bonchev–Trinajstić information content (AvgIpc) is 3.61. The molecule has 0 spiro atoms. The molecular weight excluding hydrogens is 614 g/mol. The summed E-state index contributed by atoms with van der Waals surface area (Å²) in [5, 5.41) is 28.7. The molecule has 37 heavy (non-hydrogen) atoms. The molecule has 6 aromatic rings. The van der Waals surface area contributed by atoms with Crippen molar-refractivity contribution in [2.24, 2.45) is 0 Å². The zero-order valence-electron chi connectivity index (χ0n) is 19.1. The largest absolute Gasteiger partial charge is 0.477 e. The third-order valence-corrected chi connectivity index (χ3v) is 5.28. The molecule has 6 rings (SSSR count). The normalized spacial score (nSPS) is 10.1. The molecule has 1 radical (unpaired) electrons. The second kappa shape index (κ2) is 12.5. The minimum absolute atomic E-state index is 0. The number of carboxylic acid groups (broad SMARTS) is 3. The molecule has 0 atom stereocenters. The van der Waals surface area contributed by atoms with Crippen LogP contribution in [0.15, 0.2) is 91.0 Å². The van der Waals surface area contributed by atoms with Crippen molar-refractivity contribution in [3.8, 4) is 0 Å². The maximum Gasteiger partial charge on any atom is 0.352 e. The Morgan fingerprint density at radius 1 is 0.459 bits per heavy atom. The van der Waals surface area contributed by atoms with E-state index in [4.69, 9.17) is 15.3 Å². The van der Waals surface area contributed by atoms with Gasteiger partial charge in [0.05, 0.1) is 0 Å². The molecule has 0 saturated heterocycles. The smallest absolute Gasteiger partial charge is 0.352 e. The summed E-state index contributed by atoms with van der Waals surface area (Å²) in [7, 11) is 0. The van der Waals surface area contributed by atoms with Gasteiger partial charge < -0.3 is 30.3 Å². The first-order valence-corrected chi connectivity index (χ1v) is 10.7. The van der Waals surface area contributed by atoms with Gasteiger partial charge in [-0.25, -0.2) is 14.4 Å². The minimum atomic E-state index is -0.925. The number of hydrogen-bond donors (Lipinski definition) is 6. The van der Waals surface area contributed by atoms with Gasteiger partial charge in [-0.3, -0.25) is 0 Å². The van der Waals surface area contributed by atoms with Crippen LogP contribution in [0, 0.1) is 49.4 Å². The van der Waals surface area contributed by atoms with Crippen molar-refractivity contribution in [3.05, 3.63) is 108 Å². The number of rotatable bonds is 3. The van der Waals surface area contributed by atoms with Gasteiger partial charge in [-0.05, 0) is 36.4 Å². The summed E-state index contributed by atoms with van der Waals surface area (Å²) in [6.07, 6.45) is 0. The number of aromatic nitrogens is 3. The van der Waals surface area contributed by atoms with Crippen LogP contribution >= 0.6 is 0 Å².